The second-order valence-electron chi connectivity index (χ2n) is 6.78. The van der Waals surface area contributed by atoms with Gasteiger partial charge in [-0.2, -0.15) is 0 Å². The van der Waals surface area contributed by atoms with Gasteiger partial charge in [0.2, 0.25) is 0 Å². The average Bonchev–Trinajstić information content (AvgIpc) is 2.86. The summed E-state index contributed by atoms with van der Waals surface area (Å²) < 4.78 is 0. The highest BCUT2D eigenvalue weighted by atomic mass is 32.1. The minimum atomic E-state index is 0.476. The molecule has 0 amide bonds. The largest absolute Gasteiger partial charge is 0.316 e. The maximum atomic E-state index is 3.63. The van der Waals surface area contributed by atoms with Crippen molar-refractivity contribution >= 4 is 11.3 Å². The summed E-state index contributed by atoms with van der Waals surface area (Å²) in [6, 6.07) is 4.59. The number of thiophene rings is 1. The van der Waals surface area contributed by atoms with Gasteiger partial charge >= 0.3 is 0 Å². The molecule has 2 heteroatoms. The Hall–Kier alpha value is -0.340. The molecule has 1 radical (unpaired) electrons. The van der Waals surface area contributed by atoms with E-state index in [4.69, 9.17) is 0 Å². The molecule has 2 heterocycles. The first-order valence-electron chi connectivity index (χ1n) is 7.15. The van der Waals surface area contributed by atoms with Crippen LogP contribution in [-0.2, 0) is 0 Å². The zero-order chi connectivity index (χ0) is 12.8. The van der Waals surface area contributed by atoms with Crippen LogP contribution in [0.2, 0.25) is 0 Å². The van der Waals surface area contributed by atoms with Gasteiger partial charge in [0.25, 0.3) is 0 Å². The Bertz CT molecular complexity index is 424. The van der Waals surface area contributed by atoms with Crippen LogP contribution in [0.5, 0.6) is 0 Å². The highest BCUT2D eigenvalue weighted by Crippen LogP contribution is 2.54. The zero-order valence-corrected chi connectivity index (χ0v) is 12.6. The van der Waals surface area contributed by atoms with Crippen molar-refractivity contribution in [1.82, 2.24) is 5.32 Å². The summed E-state index contributed by atoms with van der Waals surface area (Å²) in [5.74, 6) is 1.71. The summed E-state index contributed by atoms with van der Waals surface area (Å²) in [5.41, 5.74) is 1.03. The summed E-state index contributed by atoms with van der Waals surface area (Å²) in [4.78, 5) is 2.99. The van der Waals surface area contributed by atoms with Gasteiger partial charge in [-0.25, -0.2) is 0 Å². The van der Waals surface area contributed by atoms with Crippen LogP contribution in [0.3, 0.4) is 0 Å². The summed E-state index contributed by atoms with van der Waals surface area (Å²) >= 11 is 1.97. The fourth-order valence-corrected chi connectivity index (χ4v) is 4.76. The van der Waals surface area contributed by atoms with Gasteiger partial charge in [0, 0.05) is 28.8 Å². The van der Waals surface area contributed by atoms with E-state index in [0.717, 1.165) is 0 Å². The number of hydrogen-bond acceptors (Lipinski definition) is 2. The molecule has 1 nitrogen and oxygen atoms in total. The summed E-state index contributed by atoms with van der Waals surface area (Å²) in [6.07, 6.45) is 5.37. The smallest absolute Gasteiger partial charge is 0.0152 e. The lowest BCUT2D eigenvalue weighted by Crippen LogP contribution is -2.39. The highest BCUT2D eigenvalue weighted by molar-refractivity contribution is 7.12. The van der Waals surface area contributed by atoms with Gasteiger partial charge in [-0.3, -0.25) is 0 Å². The van der Waals surface area contributed by atoms with Gasteiger partial charge < -0.3 is 5.32 Å². The van der Waals surface area contributed by atoms with E-state index in [1.807, 2.05) is 11.3 Å². The molecule has 0 atom stereocenters. The van der Waals surface area contributed by atoms with Crippen molar-refractivity contribution in [2.24, 2.45) is 10.8 Å². The third-order valence-electron chi connectivity index (χ3n) is 5.37. The van der Waals surface area contributed by atoms with Gasteiger partial charge in [-0.1, -0.05) is 13.8 Å². The van der Waals surface area contributed by atoms with E-state index in [0.29, 0.717) is 10.8 Å². The van der Waals surface area contributed by atoms with Crippen molar-refractivity contribution in [3.05, 3.63) is 27.8 Å². The lowest BCUT2D eigenvalue weighted by atomic mass is 9.59. The SMILES string of the molecule is Cc1ccc([C]2CCC3(CC2)CNCC3(C)C)s1. The topological polar surface area (TPSA) is 12.0 Å². The Morgan fingerprint density at radius 3 is 2.33 bits per heavy atom. The van der Waals surface area contributed by atoms with Crippen molar-refractivity contribution in [2.45, 2.75) is 46.5 Å². The van der Waals surface area contributed by atoms with Crippen molar-refractivity contribution < 1.29 is 0 Å². The molecule has 99 valence electrons. The molecule has 1 aromatic rings. The van der Waals surface area contributed by atoms with Crippen LogP contribution in [0.15, 0.2) is 12.1 Å². The quantitative estimate of drug-likeness (QED) is 0.801. The third kappa shape index (κ3) is 1.94. The van der Waals surface area contributed by atoms with Crippen LogP contribution < -0.4 is 5.32 Å². The fraction of sp³-hybridized carbons (Fsp3) is 0.688. The van der Waals surface area contributed by atoms with Crippen LogP contribution in [0, 0.1) is 23.7 Å². The van der Waals surface area contributed by atoms with E-state index >= 15 is 0 Å². The molecule has 0 unspecified atom stereocenters. The number of nitrogens with one attached hydrogen (secondary N) is 1. The van der Waals surface area contributed by atoms with E-state index in [2.05, 4.69) is 38.2 Å². The second kappa shape index (κ2) is 4.35. The van der Waals surface area contributed by atoms with Gasteiger partial charge in [0.05, 0.1) is 0 Å². The molecule has 1 aliphatic carbocycles. The van der Waals surface area contributed by atoms with Gasteiger partial charge in [0.15, 0.2) is 0 Å². The lowest BCUT2D eigenvalue weighted by Gasteiger charge is -2.45. The van der Waals surface area contributed by atoms with Crippen LogP contribution in [0.25, 0.3) is 0 Å². The summed E-state index contributed by atoms with van der Waals surface area (Å²) in [7, 11) is 0. The van der Waals surface area contributed by atoms with E-state index in [1.54, 1.807) is 10.8 Å². The predicted octanol–water partition coefficient (Wildman–Crippen LogP) is 4.17. The molecule has 1 saturated carbocycles. The molecular weight excluding hydrogens is 238 g/mol. The lowest BCUT2D eigenvalue weighted by molar-refractivity contribution is 0.0891. The molecule has 18 heavy (non-hydrogen) atoms. The molecule has 0 aromatic carbocycles. The predicted molar refractivity (Wildman–Crippen MR) is 79.0 cm³/mol. The average molecular weight is 262 g/mol. The Kier molecular flexibility index (Phi) is 3.06. The molecule has 2 fully saturated rings. The maximum Gasteiger partial charge on any atom is 0.0152 e. The van der Waals surface area contributed by atoms with Crippen LogP contribution in [0.4, 0.5) is 0 Å². The van der Waals surface area contributed by atoms with Crippen LogP contribution >= 0.6 is 11.3 Å². The van der Waals surface area contributed by atoms with Crippen molar-refractivity contribution in [3.8, 4) is 0 Å². The molecule has 2 aliphatic rings. The first kappa shape index (κ1) is 12.7. The Balaban J connectivity index is 1.71. The number of aryl methyl sites for hydroxylation is 1. The Morgan fingerprint density at radius 1 is 1.11 bits per heavy atom. The van der Waals surface area contributed by atoms with Crippen molar-refractivity contribution in [1.29, 1.82) is 0 Å². The van der Waals surface area contributed by atoms with E-state index in [9.17, 15) is 0 Å². The molecular formula is C16H24NS. The summed E-state index contributed by atoms with van der Waals surface area (Å²) in [6.45, 7) is 9.54. The monoisotopic (exact) mass is 262 g/mol. The minimum Gasteiger partial charge on any atom is -0.316 e. The summed E-state index contributed by atoms with van der Waals surface area (Å²) in [5, 5.41) is 3.63. The van der Waals surface area contributed by atoms with E-state index < -0.39 is 0 Å². The molecule has 1 aliphatic heterocycles. The third-order valence-corrected chi connectivity index (χ3v) is 6.47. The van der Waals surface area contributed by atoms with Gasteiger partial charge in [-0.15, -0.1) is 11.3 Å². The van der Waals surface area contributed by atoms with Crippen LogP contribution in [0.1, 0.15) is 49.3 Å². The van der Waals surface area contributed by atoms with Crippen molar-refractivity contribution in [3.63, 3.8) is 0 Å². The first-order valence-corrected chi connectivity index (χ1v) is 7.96. The Morgan fingerprint density at radius 2 is 1.83 bits per heavy atom. The fourth-order valence-electron chi connectivity index (χ4n) is 3.80. The highest BCUT2D eigenvalue weighted by Gasteiger charge is 2.50. The van der Waals surface area contributed by atoms with Gasteiger partial charge in [-0.05, 0) is 55.6 Å². The Labute approximate surface area is 115 Å². The second-order valence-corrected chi connectivity index (χ2v) is 8.07. The van der Waals surface area contributed by atoms with E-state index in [1.165, 1.54) is 43.6 Å². The van der Waals surface area contributed by atoms with E-state index in [-0.39, 0.29) is 0 Å². The molecule has 0 bridgehead atoms. The molecule has 1 saturated heterocycles. The minimum absolute atomic E-state index is 0.476. The molecule has 3 rings (SSSR count). The van der Waals surface area contributed by atoms with Gasteiger partial charge in [0.1, 0.15) is 0 Å². The number of rotatable bonds is 1. The normalized spacial score (nSPS) is 26.8. The molecule has 1 aromatic heterocycles. The maximum absolute atomic E-state index is 3.63. The number of hydrogen-bond donors (Lipinski definition) is 1. The first-order chi connectivity index (χ1) is 8.52. The molecule has 1 N–H and O–H groups in total. The van der Waals surface area contributed by atoms with Crippen molar-refractivity contribution in [2.75, 3.05) is 13.1 Å². The van der Waals surface area contributed by atoms with Crippen LogP contribution in [-0.4, -0.2) is 13.1 Å². The zero-order valence-electron chi connectivity index (χ0n) is 11.8. The molecule has 1 spiro atoms. The standard InChI is InChI=1S/C16H24NS/c1-12-4-5-14(18-12)13-6-8-16(9-7-13)11-17-10-15(16,2)3/h4-5,17H,6-11H2,1-3H3.